The normalized spacial score (nSPS) is 11.4. The van der Waals surface area contributed by atoms with E-state index in [0.29, 0.717) is 64.2 Å². The number of nitrogens with zero attached hydrogens (tertiary/aromatic N) is 12. The van der Waals surface area contributed by atoms with E-state index in [0.717, 1.165) is 154 Å². The summed E-state index contributed by atoms with van der Waals surface area (Å²) in [6.45, 7) is 0. The lowest BCUT2D eigenvalue weighted by atomic mass is 9.99. The van der Waals surface area contributed by atoms with Crippen molar-refractivity contribution in [3.05, 3.63) is 425 Å². The van der Waals surface area contributed by atoms with Crippen molar-refractivity contribution in [1.29, 1.82) is 0 Å². The van der Waals surface area contributed by atoms with Gasteiger partial charge in [0.1, 0.15) is 16.0 Å². The summed E-state index contributed by atoms with van der Waals surface area (Å²) >= 11 is 1.73. The standard InChI is InChI=1S/C42H26N4O.C36H22N4O.C36H22N4S/c1-4-10-27(11-5-1)28-16-21-32(22-17-28)40-44-39(31-12-6-2-7-13-31)45-41(46-40)34-23-19-29-18-20-30-24-25-36-38(37(30)35(29)26-34)47-42(43-36)33-14-8-3-9-15-33;1-4-10-25(11-5-1)33-38-34(26-12-6-2-7-13-26)40-35(39-33)28-19-17-23-16-18-24-20-21-30-32(31(24)29(23)22-28)41-36(37-30)27-14-8-3-9-15-27;1-4-10-24(11-5-1)33-38-34(25-12-6-2-7-13-25)40-35(39-33)28-18-20-29-27(22-28)17-16-23-19-21-30-32(31(23)29)37-36(41-30)26-14-8-3-9-15-26/h1-26H;2*1-22H. The molecule has 0 unspecified atom stereocenters. The number of hydrogen-bond acceptors (Lipinski definition) is 15. The van der Waals surface area contributed by atoms with E-state index >= 15 is 0 Å². The molecule has 0 spiro atoms. The average Bonchev–Trinajstić information content (AvgIpc) is 1.72. The highest BCUT2D eigenvalue weighted by Gasteiger charge is 2.23. The highest BCUT2D eigenvalue weighted by molar-refractivity contribution is 7.21. The van der Waals surface area contributed by atoms with Crippen molar-refractivity contribution in [3.63, 3.8) is 0 Å². The minimum atomic E-state index is 0.606. The lowest BCUT2D eigenvalue weighted by Gasteiger charge is -2.10. The van der Waals surface area contributed by atoms with Crippen LogP contribution in [0.2, 0.25) is 0 Å². The van der Waals surface area contributed by atoms with Crippen LogP contribution < -0.4 is 0 Å². The molecule has 0 amide bonds. The third kappa shape index (κ3) is 15.1. The summed E-state index contributed by atoms with van der Waals surface area (Å²) in [5.41, 5.74) is 18.0. The van der Waals surface area contributed by atoms with Gasteiger partial charge < -0.3 is 8.83 Å². The Bertz CT molecular complexity index is 8400. The molecule has 0 bridgehead atoms. The topological polar surface area (TPSA) is 181 Å². The molecule has 25 rings (SSSR count). The minimum Gasteiger partial charge on any atom is -0.435 e. The van der Waals surface area contributed by atoms with Crippen molar-refractivity contribution in [2.45, 2.75) is 0 Å². The molecule has 0 aliphatic heterocycles. The maximum Gasteiger partial charge on any atom is 0.227 e. The number of oxazole rings is 2. The van der Waals surface area contributed by atoms with Crippen molar-refractivity contribution in [3.8, 4) is 147 Å². The van der Waals surface area contributed by atoms with Gasteiger partial charge in [-0.2, -0.15) is 0 Å². The Morgan fingerprint density at radius 3 is 0.822 bits per heavy atom. The summed E-state index contributed by atoms with van der Waals surface area (Å²) in [6, 6.07) is 144. The van der Waals surface area contributed by atoms with Gasteiger partial charge in [0.2, 0.25) is 11.8 Å². The fourth-order valence-corrected chi connectivity index (χ4v) is 17.8. The van der Waals surface area contributed by atoms with E-state index in [1.54, 1.807) is 11.3 Å². The zero-order chi connectivity index (χ0) is 85.5. The van der Waals surface area contributed by atoms with Gasteiger partial charge in [-0.25, -0.2) is 59.8 Å². The maximum atomic E-state index is 6.46. The van der Waals surface area contributed by atoms with Crippen LogP contribution in [-0.4, -0.2) is 59.8 Å². The molecule has 0 atom stereocenters. The summed E-state index contributed by atoms with van der Waals surface area (Å²) in [4.78, 5) is 59.1. The third-order valence-electron chi connectivity index (χ3n) is 23.2. The van der Waals surface area contributed by atoms with Crippen molar-refractivity contribution < 1.29 is 8.83 Å². The van der Waals surface area contributed by atoms with Gasteiger partial charge in [-0.3, -0.25) is 0 Å². The quantitative estimate of drug-likeness (QED) is 0.0994. The summed E-state index contributed by atoms with van der Waals surface area (Å²) in [5.74, 6) is 6.93. The molecule has 25 aromatic rings. The molecular weight excluding hydrogens is 1600 g/mol. The van der Waals surface area contributed by atoms with E-state index in [-0.39, 0.29) is 0 Å². The number of fused-ring (bicyclic) bond motifs is 15. The van der Waals surface area contributed by atoms with E-state index < -0.39 is 0 Å². The molecule has 6 aromatic heterocycles. The summed E-state index contributed by atoms with van der Waals surface area (Å²) in [7, 11) is 0. The Labute approximate surface area is 743 Å². The van der Waals surface area contributed by atoms with Crippen molar-refractivity contribution in [1.82, 2.24) is 59.8 Å². The van der Waals surface area contributed by atoms with Gasteiger partial charge in [0, 0.05) is 82.9 Å². The van der Waals surface area contributed by atoms with Gasteiger partial charge in [-0.05, 0) is 120 Å². The van der Waals surface area contributed by atoms with Gasteiger partial charge in [0.25, 0.3) is 0 Å². The molecule has 604 valence electrons. The zero-order valence-electron chi connectivity index (χ0n) is 69.0. The third-order valence-corrected chi connectivity index (χ3v) is 24.3. The Balaban J connectivity index is 0.000000111. The molecular formula is C114H70N12O2S. The Morgan fingerprint density at radius 2 is 0.434 bits per heavy atom. The second kappa shape index (κ2) is 33.3. The smallest absolute Gasteiger partial charge is 0.227 e. The van der Waals surface area contributed by atoms with Crippen LogP contribution in [0.1, 0.15) is 0 Å². The fraction of sp³-hybridized carbons (Fsp3) is 0. The van der Waals surface area contributed by atoms with Gasteiger partial charge >= 0.3 is 0 Å². The second-order valence-corrected chi connectivity index (χ2v) is 32.4. The highest BCUT2D eigenvalue weighted by Crippen LogP contribution is 2.43. The molecule has 0 fully saturated rings. The first kappa shape index (κ1) is 76.5. The molecule has 0 saturated carbocycles. The lowest BCUT2D eigenvalue weighted by Crippen LogP contribution is -2.00. The number of benzene rings is 19. The van der Waals surface area contributed by atoms with Gasteiger partial charge in [-0.1, -0.05) is 364 Å². The van der Waals surface area contributed by atoms with Crippen LogP contribution >= 0.6 is 11.3 Å². The number of aromatic nitrogens is 12. The SMILES string of the molecule is c1ccc(-c2ccc(-c3nc(-c4ccccc4)nc(-c4ccc5ccc6ccc7nc(-c8ccccc8)oc7c6c5c4)n3)cc2)cc1.c1ccc(-c2nc(-c3ccccc3)nc(-c3ccc4c(ccc5ccc6sc(-c7ccccc7)nc6c54)c3)n2)cc1.c1ccc(-c2nc(-c3ccccc3)nc(-c3ccc4ccc5ccc6nc(-c7ccccc7)oc6c5c4c3)n2)cc1. The van der Waals surface area contributed by atoms with Crippen LogP contribution in [0.15, 0.2) is 433 Å². The number of rotatable bonds is 13. The molecule has 0 saturated heterocycles. The molecule has 0 aliphatic carbocycles. The van der Waals surface area contributed by atoms with Crippen LogP contribution in [-0.2, 0) is 0 Å². The lowest BCUT2D eigenvalue weighted by molar-refractivity contribution is 0.623. The van der Waals surface area contributed by atoms with E-state index in [1.165, 1.54) is 26.4 Å². The summed E-state index contributed by atoms with van der Waals surface area (Å²) in [6.07, 6.45) is 0. The first-order valence-corrected chi connectivity index (χ1v) is 43.4. The van der Waals surface area contributed by atoms with Crippen LogP contribution in [0.5, 0.6) is 0 Å². The van der Waals surface area contributed by atoms with E-state index in [2.05, 4.69) is 188 Å². The molecule has 19 aromatic carbocycles. The molecule has 0 radical (unpaired) electrons. The van der Waals surface area contributed by atoms with Gasteiger partial charge in [0.15, 0.2) is 63.6 Å². The van der Waals surface area contributed by atoms with Crippen molar-refractivity contribution in [2.75, 3.05) is 0 Å². The van der Waals surface area contributed by atoms with Gasteiger partial charge in [0.05, 0.1) is 10.2 Å². The first-order valence-electron chi connectivity index (χ1n) is 42.5. The predicted molar refractivity (Wildman–Crippen MR) is 523 cm³/mol. The molecule has 15 heteroatoms. The van der Waals surface area contributed by atoms with E-state index in [1.807, 2.05) is 237 Å². The molecule has 0 N–H and O–H groups in total. The van der Waals surface area contributed by atoms with Crippen LogP contribution in [0.3, 0.4) is 0 Å². The van der Waals surface area contributed by atoms with Crippen molar-refractivity contribution >= 4 is 108 Å². The van der Waals surface area contributed by atoms with Crippen molar-refractivity contribution in [2.24, 2.45) is 0 Å². The second-order valence-electron chi connectivity index (χ2n) is 31.4. The maximum absolute atomic E-state index is 6.46. The summed E-state index contributed by atoms with van der Waals surface area (Å²) < 4.78 is 14.1. The van der Waals surface area contributed by atoms with Gasteiger partial charge in [-0.15, -0.1) is 11.3 Å². The zero-order valence-corrected chi connectivity index (χ0v) is 69.8. The largest absolute Gasteiger partial charge is 0.435 e. The Morgan fingerprint density at radius 1 is 0.171 bits per heavy atom. The number of hydrogen-bond donors (Lipinski definition) is 0. The highest BCUT2D eigenvalue weighted by atomic mass is 32.1. The molecule has 0 aliphatic rings. The monoisotopic (exact) mass is 1670 g/mol. The van der Waals surface area contributed by atoms with Crippen LogP contribution in [0, 0.1) is 0 Å². The van der Waals surface area contributed by atoms with Crippen LogP contribution in [0.25, 0.3) is 244 Å². The van der Waals surface area contributed by atoms with E-state index in [4.69, 9.17) is 68.6 Å². The molecule has 6 heterocycles. The predicted octanol–water partition coefficient (Wildman–Crippen LogP) is 29.1. The first-order chi connectivity index (χ1) is 63.9. The molecule has 14 nitrogen and oxygen atoms in total. The molecule has 129 heavy (non-hydrogen) atoms. The number of thiazole rings is 1. The summed E-state index contributed by atoms with van der Waals surface area (Å²) in [5, 5.41) is 14.2. The average molecular weight is 1670 g/mol. The van der Waals surface area contributed by atoms with Crippen LogP contribution in [0.4, 0.5) is 0 Å². The Kier molecular flexibility index (Phi) is 19.8. The fourth-order valence-electron chi connectivity index (χ4n) is 16.8. The Hall–Kier alpha value is -17.4. The van der Waals surface area contributed by atoms with E-state index in [9.17, 15) is 0 Å². The minimum absolute atomic E-state index is 0.606.